The van der Waals surface area contributed by atoms with Gasteiger partial charge in [-0.2, -0.15) is 5.26 Å². The largest absolute Gasteiger partial charge is 0.496 e. The van der Waals surface area contributed by atoms with Crippen molar-refractivity contribution in [2.24, 2.45) is 11.8 Å². The van der Waals surface area contributed by atoms with Crippen LogP contribution in [0.15, 0.2) is 78.1 Å². The summed E-state index contributed by atoms with van der Waals surface area (Å²) in [4.78, 5) is 26.3. The van der Waals surface area contributed by atoms with E-state index in [1.54, 1.807) is 54.6 Å². The molecule has 3 fully saturated rings. The Hall–Kier alpha value is -4.65. The average Bonchev–Trinajstić information content (AvgIpc) is 3.88. The Morgan fingerprint density at radius 3 is 1.94 bits per heavy atom. The van der Waals surface area contributed by atoms with E-state index in [4.69, 9.17) is 47.4 Å². The lowest BCUT2D eigenvalue weighted by Crippen LogP contribution is -2.60. The van der Waals surface area contributed by atoms with E-state index >= 15 is 0 Å². The van der Waals surface area contributed by atoms with Crippen molar-refractivity contribution >= 4 is 11.9 Å². The summed E-state index contributed by atoms with van der Waals surface area (Å²) in [5.74, 6) is -3.07. The zero-order valence-corrected chi connectivity index (χ0v) is 34.6. The number of benzene rings is 2. The molecule has 1 aliphatic carbocycles. The number of nitriles is 1. The Morgan fingerprint density at radius 2 is 1.28 bits per heavy atom. The van der Waals surface area contributed by atoms with Gasteiger partial charge >= 0.3 is 11.9 Å². The van der Waals surface area contributed by atoms with Gasteiger partial charge in [-0.3, -0.25) is 0 Å². The third kappa shape index (κ3) is 10.3. The number of aliphatic hydroxyl groups is 9. The second-order valence-electron chi connectivity index (χ2n) is 15.9. The number of aliphatic hydroxyl groups excluding tert-OH is 9. The molecule has 0 amide bonds. The first-order valence-corrected chi connectivity index (χ1v) is 20.7. The van der Waals surface area contributed by atoms with Crippen molar-refractivity contribution in [2.45, 2.75) is 105 Å². The fourth-order valence-corrected chi connectivity index (χ4v) is 8.18. The van der Waals surface area contributed by atoms with Crippen LogP contribution in [0, 0.1) is 23.2 Å². The number of para-hydroxylation sites is 1. The molecule has 18 atom stereocenters. The van der Waals surface area contributed by atoms with Crippen LogP contribution in [0.3, 0.4) is 0 Å². The maximum absolute atomic E-state index is 13.5. The maximum Gasteiger partial charge on any atom is 0.342 e. The van der Waals surface area contributed by atoms with E-state index in [0.717, 1.165) is 6.26 Å². The van der Waals surface area contributed by atoms with E-state index in [1.165, 1.54) is 13.2 Å². The highest BCUT2D eigenvalue weighted by molar-refractivity contribution is 5.92. The minimum Gasteiger partial charge on any atom is -0.496 e. The maximum atomic E-state index is 13.5. The van der Waals surface area contributed by atoms with E-state index < -0.39 is 149 Å². The number of carbonyl (C=O) groups excluding carboxylic acids is 2. The van der Waals surface area contributed by atoms with Crippen LogP contribution in [0.1, 0.15) is 28.4 Å². The van der Waals surface area contributed by atoms with Crippen LogP contribution in [-0.4, -0.2) is 184 Å². The molecule has 0 aromatic heterocycles. The molecular formula is C43H51NO21. The van der Waals surface area contributed by atoms with E-state index in [-0.39, 0.29) is 23.3 Å². The Morgan fingerprint density at radius 1 is 0.708 bits per heavy atom. The van der Waals surface area contributed by atoms with Crippen molar-refractivity contribution in [3.63, 3.8) is 0 Å². The van der Waals surface area contributed by atoms with E-state index in [0.29, 0.717) is 11.1 Å². The quantitative estimate of drug-likeness (QED) is 0.0624. The average molecular weight is 918 g/mol. The lowest BCUT2D eigenvalue weighted by atomic mass is 9.83. The molecule has 0 radical (unpaired) electrons. The molecule has 354 valence electrons. The van der Waals surface area contributed by atoms with Crippen LogP contribution in [0.2, 0.25) is 0 Å². The van der Waals surface area contributed by atoms with Gasteiger partial charge in [-0.05, 0) is 29.7 Å². The molecule has 0 saturated carbocycles. The molecule has 0 unspecified atom stereocenters. The third-order valence-electron chi connectivity index (χ3n) is 11.9. The van der Waals surface area contributed by atoms with Crippen molar-refractivity contribution < 1.29 is 103 Å². The van der Waals surface area contributed by atoms with E-state index in [2.05, 4.69) is 0 Å². The van der Waals surface area contributed by atoms with E-state index in [1.807, 2.05) is 6.07 Å². The van der Waals surface area contributed by atoms with Gasteiger partial charge in [0.1, 0.15) is 91.7 Å². The summed E-state index contributed by atoms with van der Waals surface area (Å²) in [5, 5.41) is 105. The van der Waals surface area contributed by atoms with Gasteiger partial charge in [0.05, 0.1) is 44.1 Å². The summed E-state index contributed by atoms with van der Waals surface area (Å²) in [6.45, 7) is -2.21. The Labute approximate surface area is 370 Å². The highest BCUT2D eigenvalue weighted by Gasteiger charge is 2.52. The van der Waals surface area contributed by atoms with Gasteiger partial charge in [0.15, 0.2) is 25.0 Å². The first-order valence-electron chi connectivity index (χ1n) is 20.7. The summed E-state index contributed by atoms with van der Waals surface area (Å²) < 4.78 is 56.0. The number of ether oxygens (including phenoxy) is 10. The zero-order valence-electron chi connectivity index (χ0n) is 34.6. The van der Waals surface area contributed by atoms with Crippen LogP contribution in [-0.2, 0) is 47.4 Å². The molecule has 3 saturated heterocycles. The lowest BCUT2D eigenvalue weighted by Gasteiger charge is -2.43. The second kappa shape index (κ2) is 21.3. The standard InChI is InChI=1S/C43H51NO21/c1-56-24-10-6-5-9-22(24)38(54)57-16-26-30(46)34(50)37(53)43(64-26)65-40-29-20(14-45)11-12-21(29)23(15-59-40)39(55)58-17-27-32(48)35(51)41(62-27)60-18-28-31(47)33(49)36(52)42(63-28)61-25(13-44)19-7-3-2-4-8-19/h2-11,15,21,25-37,40-43,45-53H,12,14,16-18H2,1H3/t21-,25+,26-,27+,28+,29-,30-,31+,32+,33-,34-,35-,36+,37-,40-,41-,42+,43+/m0/s1. The molecule has 22 nitrogen and oxygen atoms in total. The monoisotopic (exact) mass is 917 g/mol. The van der Waals surface area contributed by atoms with Crippen LogP contribution in [0.5, 0.6) is 5.75 Å². The normalized spacial score (nSPS) is 37.2. The highest BCUT2D eigenvalue weighted by Crippen LogP contribution is 2.44. The Balaban J connectivity index is 0.934. The van der Waals surface area contributed by atoms with Crippen molar-refractivity contribution in [2.75, 3.05) is 33.5 Å². The first kappa shape index (κ1) is 48.3. The predicted molar refractivity (Wildman–Crippen MR) is 211 cm³/mol. The molecule has 65 heavy (non-hydrogen) atoms. The number of fused-ring (bicyclic) bond motifs is 1. The molecule has 9 N–H and O–H groups in total. The predicted octanol–water partition coefficient (Wildman–Crippen LogP) is -2.43. The zero-order chi connectivity index (χ0) is 46.5. The summed E-state index contributed by atoms with van der Waals surface area (Å²) >= 11 is 0. The van der Waals surface area contributed by atoms with Gasteiger partial charge in [0, 0.05) is 5.92 Å². The number of allylic oxidation sites excluding steroid dienone is 1. The second-order valence-corrected chi connectivity index (χ2v) is 15.9. The Kier molecular flexibility index (Phi) is 15.8. The number of methoxy groups -OCH3 is 1. The number of rotatable bonds is 16. The molecule has 7 rings (SSSR count). The summed E-state index contributed by atoms with van der Waals surface area (Å²) in [6, 6.07) is 16.5. The van der Waals surface area contributed by atoms with Crippen molar-refractivity contribution in [1.29, 1.82) is 5.26 Å². The van der Waals surface area contributed by atoms with Gasteiger partial charge in [-0.25, -0.2) is 9.59 Å². The van der Waals surface area contributed by atoms with Crippen LogP contribution < -0.4 is 4.74 Å². The third-order valence-corrected chi connectivity index (χ3v) is 11.9. The van der Waals surface area contributed by atoms with Gasteiger partial charge < -0.3 is 93.3 Å². The summed E-state index contributed by atoms with van der Waals surface area (Å²) in [6.07, 6.45) is -22.4. The molecule has 0 spiro atoms. The van der Waals surface area contributed by atoms with Crippen LogP contribution >= 0.6 is 0 Å². The first-order chi connectivity index (χ1) is 31.3. The Bertz CT molecular complexity index is 2050. The highest BCUT2D eigenvalue weighted by atomic mass is 16.8. The molecule has 22 heteroatoms. The molecule has 5 aliphatic rings. The van der Waals surface area contributed by atoms with Crippen LogP contribution in [0.4, 0.5) is 0 Å². The topological polar surface area (TPSA) is 332 Å². The minimum absolute atomic E-state index is 0.0102. The van der Waals surface area contributed by atoms with Crippen LogP contribution in [0.25, 0.3) is 0 Å². The molecule has 4 aliphatic heterocycles. The molecule has 0 bridgehead atoms. The molecular weight excluding hydrogens is 866 g/mol. The number of nitrogens with zero attached hydrogens (tertiary/aromatic N) is 1. The number of hydrogen-bond acceptors (Lipinski definition) is 22. The van der Waals surface area contributed by atoms with Gasteiger partial charge in [0.2, 0.25) is 6.29 Å². The smallest absolute Gasteiger partial charge is 0.342 e. The molecule has 2 aromatic carbocycles. The SMILES string of the molecule is COc1ccccc1C(=O)OC[C@@H]1O[C@H](O[C@@H]2OC=C(C(=O)OC[C@H]3O[C@H](OC[C@H]4O[C@@H](O[C@H](C#N)c5ccccc5)[C@H](O)[C@@H](O)[C@@H]4O)[C@@H](O)[C@@H]3O)[C@@H]3CC=C(CO)[C@H]23)[C@@H](O)[C@@H](O)[C@H]1O. The fourth-order valence-electron chi connectivity index (χ4n) is 8.18. The van der Waals surface area contributed by atoms with Gasteiger partial charge in [-0.15, -0.1) is 0 Å². The lowest BCUT2D eigenvalue weighted by molar-refractivity contribution is -0.339. The van der Waals surface area contributed by atoms with Crippen molar-refractivity contribution in [3.05, 3.63) is 89.2 Å². The van der Waals surface area contributed by atoms with Gasteiger partial charge in [0.25, 0.3) is 0 Å². The number of esters is 2. The van der Waals surface area contributed by atoms with Crippen molar-refractivity contribution in [1.82, 2.24) is 0 Å². The summed E-state index contributed by atoms with van der Waals surface area (Å²) in [7, 11) is 1.37. The number of carbonyl (C=O) groups is 2. The fraction of sp³-hybridized carbons (Fsp3) is 0.558. The minimum atomic E-state index is -1.82. The summed E-state index contributed by atoms with van der Waals surface area (Å²) in [5.41, 5.74) is 0.921. The molecule has 2 aromatic rings. The van der Waals surface area contributed by atoms with Gasteiger partial charge in [-0.1, -0.05) is 48.5 Å². The number of hydrogen-bond donors (Lipinski definition) is 9. The van der Waals surface area contributed by atoms with Crippen molar-refractivity contribution in [3.8, 4) is 11.8 Å². The molecule has 4 heterocycles. The van der Waals surface area contributed by atoms with E-state index in [9.17, 15) is 60.8 Å².